The molecule has 0 aliphatic heterocycles. The number of carbonyl (C=O) groups excluding carboxylic acids is 1. The van der Waals surface area contributed by atoms with E-state index in [0.717, 1.165) is 5.56 Å². The second-order valence-electron chi connectivity index (χ2n) is 3.88. The fraction of sp³-hybridized carbons (Fsp3) is 0.385. The maximum absolute atomic E-state index is 11.8. The number of nitrogens with zero attached hydrogens (tertiary/aromatic N) is 1. The highest BCUT2D eigenvalue weighted by Gasteiger charge is 2.14. The van der Waals surface area contributed by atoms with Crippen LogP contribution in [-0.4, -0.2) is 42.1 Å². The summed E-state index contributed by atoms with van der Waals surface area (Å²) in [6.07, 6.45) is -0.0672. The van der Waals surface area contributed by atoms with Crippen molar-refractivity contribution < 1.29 is 19.4 Å². The monoisotopic (exact) mass is 251 g/mol. The Balaban J connectivity index is 2.64. The van der Waals surface area contributed by atoms with Gasteiger partial charge in [-0.2, -0.15) is 0 Å². The van der Waals surface area contributed by atoms with E-state index in [4.69, 9.17) is 9.84 Å². The van der Waals surface area contributed by atoms with Gasteiger partial charge < -0.3 is 14.7 Å². The molecule has 0 heterocycles. The molecule has 0 saturated carbocycles. The number of methoxy groups -OCH3 is 1. The molecule has 0 aliphatic rings. The summed E-state index contributed by atoms with van der Waals surface area (Å²) in [4.78, 5) is 23.8. The molecule has 0 aromatic heterocycles. The van der Waals surface area contributed by atoms with Crippen molar-refractivity contribution in [2.24, 2.45) is 0 Å². The summed E-state index contributed by atoms with van der Waals surface area (Å²) in [5.41, 5.74) is 0.965. The van der Waals surface area contributed by atoms with Crippen LogP contribution in [0.25, 0.3) is 0 Å². The van der Waals surface area contributed by atoms with E-state index in [2.05, 4.69) is 0 Å². The molecule has 1 rings (SSSR count). The largest absolute Gasteiger partial charge is 0.481 e. The maximum atomic E-state index is 11.8. The molecule has 1 aromatic carbocycles. The van der Waals surface area contributed by atoms with E-state index in [0.29, 0.717) is 6.54 Å². The predicted molar refractivity (Wildman–Crippen MR) is 66.0 cm³/mol. The molecule has 5 nitrogen and oxygen atoms in total. The van der Waals surface area contributed by atoms with Crippen LogP contribution >= 0.6 is 0 Å². The first kappa shape index (κ1) is 14.2. The smallest absolute Gasteiger partial charge is 0.305 e. The lowest BCUT2D eigenvalue weighted by Crippen LogP contribution is -2.35. The van der Waals surface area contributed by atoms with Gasteiger partial charge in [0.2, 0.25) is 5.91 Å². The van der Waals surface area contributed by atoms with E-state index < -0.39 is 5.97 Å². The van der Waals surface area contributed by atoms with Crippen LogP contribution in [0, 0.1) is 0 Å². The van der Waals surface area contributed by atoms with Gasteiger partial charge in [-0.1, -0.05) is 30.3 Å². The van der Waals surface area contributed by atoms with Crippen molar-refractivity contribution in [2.75, 3.05) is 20.3 Å². The van der Waals surface area contributed by atoms with Gasteiger partial charge in [-0.15, -0.1) is 0 Å². The number of rotatable bonds is 7. The standard InChI is InChI=1S/C13H17NO4/c1-18-10-12(15)14(8-7-13(16)17)9-11-5-3-2-4-6-11/h2-6H,7-10H2,1H3,(H,16,17). The Morgan fingerprint density at radius 3 is 2.50 bits per heavy atom. The number of hydrogen-bond donors (Lipinski definition) is 1. The number of benzene rings is 1. The van der Waals surface area contributed by atoms with E-state index >= 15 is 0 Å². The minimum Gasteiger partial charge on any atom is -0.481 e. The van der Waals surface area contributed by atoms with Crippen LogP contribution in [0.5, 0.6) is 0 Å². The third kappa shape index (κ3) is 4.97. The van der Waals surface area contributed by atoms with Gasteiger partial charge >= 0.3 is 5.97 Å². The molecule has 1 N–H and O–H groups in total. The van der Waals surface area contributed by atoms with Crippen LogP contribution in [0.3, 0.4) is 0 Å². The highest BCUT2D eigenvalue weighted by Crippen LogP contribution is 2.05. The summed E-state index contributed by atoms with van der Waals surface area (Å²) in [5, 5.41) is 8.67. The average molecular weight is 251 g/mol. The Labute approximate surface area is 106 Å². The first-order valence-electron chi connectivity index (χ1n) is 5.66. The first-order valence-corrected chi connectivity index (χ1v) is 5.66. The lowest BCUT2D eigenvalue weighted by Gasteiger charge is -2.21. The first-order chi connectivity index (χ1) is 8.63. The summed E-state index contributed by atoms with van der Waals surface area (Å²) in [6, 6.07) is 9.45. The highest BCUT2D eigenvalue weighted by atomic mass is 16.5. The quantitative estimate of drug-likeness (QED) is 0.789. The number of carboxylic acid groups (broad SMARTS) is 1. The Morgan fingerprint density at radius 1 is 1.28 bits per heavy atom. The van der Waals surface area contributed by atoms with Gasteiger partial charge in [0.15, 0.2) is 0 Å². The summed E-state index contributed by atoms with van der Waals surface area (Å²) in [6.45, 7) is 0.551. The van der Waals surface area contributed by atoms with Gasteiger partial charge in [0.05, 0.1) is 6.42 Å². The molecule has 18 heavy (non-hydrogen) atoms. The van der Waals surface area contributed by atoms with Crippen molar-refractivity contribution >= 4 is 11.9 Å². The molecular weight excluding hydrogens is 234 g/mol. The summed E-state index contributed by atoms with van der Waals surface area (Å²) >= 11 is 0. The van der Waals surface area contributed by atoms with E-state index in [1.54, 1.807) is 0 Å². The van der Waals surface area contributed by atoms with Crippen molar-refractivity contribution in [3.05, 3.63) is 35.9 Å². The molecule has 1 aromatic rings. The number of ether oxygens (including phenoxy) is 1. The SMILES string of the molecule is COCC(=O)N(CCC(=O)O)Cc1ccccc1. The molecule has 0 radical (unpaired) electrons. The Hall–Kier alpha value is -1.88. The topological polar surface area (TPSA) is 66.8 Å². The van der Waals surface area contributed by atoms with Crippen LogP contribution in [0.4, 0.5) is 0 Å². The zero-order valence-electron chi connectivity index (χ0n) is 10.3. The van der Waals surface area contributed by atoms with Gasteiger partial charge in [-0.25, -0.2) is 0 Å². The molecular formula is C13H17NO4. The van der Waals surface area contributed by atoms with Crippen LogP contribution < -0.4 is 0 Å². The molecule has 0 fully saturated rings. The zero-order valence-corrected chi connectivity index (χ0v) is 10.3. The zero-order chi connectivity index (χ0) is 13.4. The average Bonchev–Trinajstić information content (AvgIpc) is 2.35. The Kier molecular flexibility index (Phi) is 5.87. The number of carbonyl (C=O) groups is 2. The van der Waals surface area contributed by atoms with Gasteiger partial charge in [0, 0.05) is 20.2 Å². The Bertz CT molecular complexity index is 391. The van der Waals surface area contributed by atoms with Gasteiger partial charge in [-0.05, 0) is 5.56 Å². The third-order valence-electron chi connectivity index (χ3n) is 2.43. The molecule has 0 spiro atoms. The summed E-state index contributed by atoms with van der Waals surface area (Å²) in [5.74, 6) is -1.12. The molecule has 0 aliphatic carbocycles. The molecule has 0 atom stereocenters. The van der Waals surface area contributed by atoms with Gasteiger partial charge in [0.1, 0.15) is 6.61 Å². The molecule has 0 unspecified atom stereocenters. The van der Waals surface area contributed by atoms with Crippen LogP contribution in [-0.2, 0) is 20.9 Å². The maximum Gasteiger partial charge on any atom is 0.305 e. The van der Waals surface area contributed by atoms with Crippen molar-refractivity contribution in [3.8, 4) is 0 Å². The van der Waals surface area contributed by atoms with Crippen LogP contribution in [0.15, 0.2) is 30.3 Å². The van der Waals surface area contributed by atoms with Gasteiger partial charge in [-0.3, -0.25) is 9.59 Å². The Morgan fingerprint density at radius 2 is 1.94 bits per heavy atom. The fourth-order valence-corrected chi connectivity index (χ4v) is 1.54. The normalized spacial score (nSPS) is 10.1. The minimum absolute atomic E-state index is 0.0353. The molecule has 5 heteroatoms. The second kappa shape index (κ2) is 7.45. The molecule has 1 amide bonds. The molecule has 98 valence electrons. The molecule has 0 bridgehead atoms. The van der Waals surface area contributed by atoms with Crippen LogP contribution in [0.2, 0.25) is 0 Å². The predicted octanol–water partition coefficient (Wildman–Crippen LogP) is 1.14. The summed E-state index contributed by atoms with van der Waals surface area (Å²) < 4.78 is 4.79. The van der Waals surface area contributed by atoms with E-state index in [1.165, 1.54) is 12.0 Å². The number of aliphatic carboxylic acids is 1. The van der Waals surface area contributed by atoms with Gasteiger partial charge in [0.25, 0.3) is 0 Å². The molecule has 0 saturated heterocycles. The van der Waals surface area contributed by atoms with Crippen molar-refractivity contribution in [2.45, 2.75) is 13.0 Å². The number of amides is 1. The number of carboxylic acids is 1. The van der Waals surface area contributed by atoms with Crippen molar-refractivity contribution in [3.63, 3.8) is 0 Å². The van der Waals surface area contributed by atoms with Crippen LogP contribution in [0.1, 0.15) is 12.0 Å². The lowest BCUT2D eigenvalue weighted by atomic mass is 10.2. The second-order valence-corrected chi connectivity index (χ2v) is 3.88. The third-order valence-corrected chi connectivity index (χ3v) is 2.43. The van der Waals surface area contributed by atoms with E-state index in [-0.39, 0.29) is 25.5 Å². The summed E-state index contributed by atoms with van der Waals surface area (Å²) in [7, 11) is 1.44. The lowest BCUT2D eigenvalue weighted by molar-refractivity contribution is -0.140. The highest BCUT2D eigenvalue weighted by molar-refractivity contribution is 5.78. The van der Waals surface area contributed by atoms with E-state index in [1.807, 2.05) is 30.3 Å². The van der Waals surface area contributed by atoms with E-state index in [9.17, 15) is 9.59 Å². The number of hydrogen-bond acceptors (Lipinski definition) is 3. The minimum atomic E-state index is -0.918. The fourth-order valence-electron chi connectivity index (χ4n) is 1.54. The van der Waals surface area contributed by atoms with Crippen molar-refractivity contribution in [1.29, 1.82) is 0 Å². The van der Waals surface area contributed by atoms with Crippen molar-refractivity contribution in [1.82, 2.24) is 4.90 Å².